The van der Waals surface area contributed by atoms with Crippen LogP contribution < -0.4 is 5.32 Å². The molecule has 1 aromatic heterocycles. The summed E-state index contributed by atoms with van der Waals surface area (Å²) in [6.07, 6.45) is 6.29. The van der Waals surface area contributed by atoms with E-state index < -0.39 is 0 Å². The SMILES string of the molecule is O=C(Nc1nccs1)[C@H]1CCCN(C(=O)/C=C/c2ccc(F)cc2)C1. The van der Waals surface area contributed by atoms with E-state index in [0.717, 1.165) is 18.4 Å². The van der Waals surface area contributed by atoms with E-state index in [-0.39, 0.29) is 23.5 Å². The molecular formula is C18H18FN3O2S. The molecule has 5 nitrogen and oxygen atoms in total. The van der Waals surface area contributed by atoms with Gasteiger partial charge in [0.1, 0.15) is 5.82 Å². The van der Waals surface area contributed by atoms with Crippen LogP contribution in [0, 0.1) is 11.7 Å². The maximum Gasteiger partial charge on any atom is 0.246 e. The highest BCUT2D eigenvalue weighted by Crippen LogP contribution is 2.20. The minimum atomic E-state index is -0.311. The number of nitrogens with zero attached hydrogens (tertiary/aromatic N) is 2. The fourth-order valence-electron chi connectivity index (χ4n) is 2.73. The summed E-state index contributed by atoms with van der Waals surface area (Å²) in [6, 6.07) is 5.92. The number of aromatic nitrogens is 1. The van der Waals surface area contributed by atoms with Crippen LogP contribution in [0.1, 0.15) is 18.4 Å². The van der Waals surface area contributed by atoms with Crippen molar-refractivity contribution in [2.24, 2.45) is 5.92 Å². The number of hydrogen-bond donors (Lipinski definition) is 1. The molecule has 25 heavy (non-hydrogen) atoms. The van der Waals surface area contributed by atoms with Gasteiger partial charge in [0.15, 0.2) is 5.13 Å². The van der Waals surface area contributed by atoms with Crippen LogP contribution in [0.3, 0.4) is 0 Å². The maximum absolute atomic E-state index is 12.9. The number of hydrogen-bond acceptors (Lipinski definition) is 4. The van der Waals surface area contributed by atoms with Crippen molar-refractivity contribution in [3.05, 3.63) is 53.3 Å². The molecular weight excluding hydrogens is 341 g/mol. The number of carbonyl (C=O) groups is 2. The lowest BCUT2D eigenvalue weighted by atomic mass is 9.97. The average Bonchev–Trinajstić information content (AvgIpc) is 3.14. The van der Waals surface area contributed by atoms with Crippen LogP contribution in [-0.4, -0.2) is 34.8 Å². The first-order chi connectivity index (χ1) is 12.1. The third kappa shape index (κ3) is 4.73. The molecule has 1 atom stereocenters. The van der Waals surface area contributed by atoms with Crippen molar-refractivity contribution in [1.29, 1.82) is 0 Å². The van der Waals surface area contributed by atoms with Gasteiger partial charge in [-0.15, -0.1) is 11.3 Å². The first-order valence-electron chi connectivity index (χ1n) is 8.05. The Morgan fingerprint density at radius 3 is 2.84 bits per heavy atom. The summed E-state index contributed by atoms with van der Waals surface area (Å²) in [7, 11) is 0. The molecule has 0 radical (unpaired) electrons. The first kappa shape index (κ1) is 17.3. The predicted octanol–water partition coefficient (Wildman–Crippen LogP) is 3.17. The summed E-state index contributed by atoms with van der Waals surface area (Å²) in [5.74, 6) is -0.791. The fourth-order valence-corrected chi connectivity index (χ4v) is 3.26. The van der Waals surface area contributed by atoms with E-state index in [4.69, 9.17) is 0 Å². The van der Waals surface area contributed by atoms with Crippen LogP contribution in [0.4, 0.5) is 9.52 Å². The number of nitrogens with one attached hydrogen (secondary N) is 1. The van der Waals surface area contributed by atoms with Crippen molar-refractivity contribution in [3.8, 4) is 0 Å². The minimum Gasteiger partial charge on any atom is -0.338 e. The normalized spacial score (nSPS) is 17.6. The molecule has 0 saturated carbocycles. The topological polar surface area (TPSA) is 62.3 Å². The molecule has 1 aromatic carbocycles. The highest BCUT2D eigenvalue weighted by Gasteiger charge is 2.27. The van der Waals surface area contributed by atoms with Gasteiger partial charge in [0.25, 0.3) is 0 Å². The second-order valence-electron chi connectivity index (χ2n) is 5.83. The number of amides is 2. The summed E-state index contributed by atoms with van der Waals surface area (Å²) in [5.41, 5.74) is 0.754. The van der Waals surface area contributed by atoms with Gasteiger partial charge in [0.05, 0.1) is 5.92 Å². The molecule has 1 aliphatic heterocycles. The van der Waals surface area contributed by atoms with Crippen molar-refractivity contribution < 1.29 is 14.0 Å². The van der Waals surface area contributed by atoms with Crippen molar-refractivity contribution in [3.63, 3.8) is 0 Å². The Morgan fingerprint density at radius 2 is 2.12 bits per heavy atom. The highest BCUT2D eigenvalue weighted by atomic mass is 32.1. The molecule has 0 unspecified atom stereocenters. The predicted molar refractivity (Wildman–Crippen MR) is 95.5 cm³/mol. The summed E-state index contributed by atoms with van der Waals surface area (Å²) < 4.78 is 12.9. The molecule has 2 heterocycles. The van der Waals surface area contributed by atoms with Gasteiger partial charge in [-0.2, -0.15) is 0 Å². The van der Waals surface area contributed by atoms with Gasteiger partial charge >= 0.3 is 0 Å². The Kier molecular flexibility index (Phi) is 5.55. The standard InChI is InChI=1S/C18H18FN3O2S/c19-15-6-3-13(4-7-15)5-8-16(23)22-10-1-2-14(12-22)17(24)21-18-20-9-11-25-18/h3-9,11,14H,1-2,10,12H2,(H,20,21,24)/b8-5+/t14-/m0/s1. The Morgan fingerprint density at radius 1 is 1.32 bits per heavy atom. The molecule has 1 saturated heterocycles. The minimum absolute atomic E-state index is 0.102. The van der Waals surface area contributed by atoms with Crippen LogP contribution in [0.25, 0.3) is 6.08 Å². The van der Waals surface area contributed by atoms with Crippen molar-refractivity contribution in [2.75, 3.05) is 18.4 Å². The van der Waals surface area contributed by atoms with Gasteiger partial charge in [-0.3, -0.25) is 9.59 Å². The number of rotatable bonds is 4. The monoisotopic (exact) mass is 359 g/mol. The molecule has 0 spiro atoms. The van der Waals surface area contributed by atoms with Crippen molar-refractivity contribution in [1.82, 2.24) is 9.88 Å². The number of likely N-dealkylation sites (tertiary alicyclic amines) is 1. The second kappa shape index (κ2) is 8.02. The maximum atomic E-state index is 12.9. The summed E-state index contributed by atoms with van der Waals surface area (Å²) >= 11 is 1.37. The molecule has 0 aliphatic carbocycles. The summed E-state index contributed by atoms with van der Waals surface area (Å²) in [4.78, 5) is 30.4. The van der Waals surface area contributed by atoms with Gasteiger partial charge in [0, 0.05) is 30.7 Å². The van der Waals surface area contributed by atoms with Gasteiger partial charge < -0.3 is 10.2 Å². The van der Waals surface area contributed by atoms with E-state index in [1.54, 1.807) is 34.7 Å². The zero-order valence-corrected chi connectivity index (χ0v) is 14.3. The fraction of sp³-hybridized carbons (Fsp3) is 0.278. The molecule has 130 valence electrons. The van der Waals surface area contributed by atoms with Crippen LogP contribution >= 0.6 is 11.3 Å². The van der Waals surface area contributed by atoms with Crippen LogP contribution in [0.2, 0.25) is 0 Å². The van der Waals surface area contributed by atoms with Gasteiger partial charge in [0.2, 0.25) is 11.8 Å². The highest BCUT2D eigenvalue weighted by molar-refractivity contribution is 7.13. The molecule has 1 fully saturated rings. The second-order valence-corrected chi connectivity index (χ2v) is 6.73. The van der Waals surface area contributed by atoms with Gasteiger partial charge in [-0.25, -0.2) is 9.37 Å². The molecule has 2 amide bonds. The third-order valence-corrected chi connectivity index (χ3v) is 4.74. The van der Waals surface area contributed by atoms with E-state index in [9.17, 15) is 14.0 Å². The summed E-state index contributed by atoms with van der Waals surface area (Å²) in [6.45, 7) is 1.03. The molecule has 2 aromatic rings. The van der Waals surface area contributed by atoms with Crippen molar-refractivity contribution >= 4 is 34.4 Å². The number of piperidine rings is 1. The molecule has 3 rings (SSSR count). The zero-order chi connectivity index (χ0) is 17.6. The largest absolute Gasteiger partial charge is 0.338 e. The number of anilines is 1. The quantitative estimate of drug-likeness (QED) is 0.853. The molecule has 0 bridgehead atoms. The molecule has 7 heteroatoms. The first-order valence-corrected chi connectivity index (χ1v) is 8.93. The number of thiazole rings is 1. The number of halogens is 1. The van der Waals surface area contributed by atoms with E-state index in [1.165, 1.54) is 29.5 Å². The van der Waals surface area contributed by atoms with Crippen LogP contribution in [0.5, 0.6) is 0 Å². The number of benzene rings is 1. The Balaban J connectivity index is 1.57. The van der Waals surface area contributed by atoms with E-state index in [1.807, 2.05) is 0 Å². The van der Waals surface area contributed by atoms with Crippen LogP contribution in [-0.2, 0) is 9.59 Å². The van der Waals surface area contributed by atoms with E-state index in [0.29, 0.717) is 18.2 Å². The zero-order valence-electron chi connectivity index (χ0n) is 13.5. The Bertz CT molecular complexity index is 759. The lowest BCUT2D eigenvalue weighted by molar-refractivity contribution is -0.130. The van der Waals surface area contributed by atoms with Crippen molar-refractivity contribution in [2.45, 2.75) is 12.8 Å². The average molecular weight is 359 g/mol. The number of carbonyl (C=O) groups excluding carboxylic acids is 2. The van der Waals surface area contributed by atoms with Gasteiger partial charge in [-0.05, 0) is 36.6 Å². The van der Waals surface area contributed by atoms with E-state index >= 15 is 0 Å². The lowest BCUT2D eigenvalue weighted by Gasteiger charge is -2.31. The smallest absolute Gasteiger partial charge is 0.246 e. The third-order valence-electron chi connectivity index (χ3n) is 4.05. The lowest BCUT2D eigenvalue weighted by Crippen LogP contribution is -2.43. The Hall–Kier alpha value is -2.54. The summed E-state index contributed by atoms with van der Waals surface area (Å²) in [5, 5.41) is 5.16. The molecule has 1 aliphatic rings. The molecule has 1 N–H and O–H groups in total. The van der Waals surface area contributed by atoms with Gasteiger partial charge in [-0.1, -0.05) is 12.1 Å². The van der Waals surface area contributed by atoms with E-state index in [2.05, 4.69) is 10.3 Å². The Labute approximate surface area is 149 Å². The van der Waals surface area contributed by atoms with Crippen LogP contribution in [0.15, 0.2) is 41.9 Å².